The summed E-state index contributed by atoms with van der Waals surface area (Å²) in [6.45, 7) is 0. The summed E-state index contributed by atoms with van der Waals surface area (Å²) < 4.78 is 0. The highest BCUT2D eigenvalue weighted by atomic mass is 14.9. The number of hydrogen-bond donors (Lipinski definition) is 0. The summed E-state index contributed by atoms with van der Waals surface area (Å²) in [5, 5.41) is 0. The Morgan fingerprint density at radius 3 is 1.29 bits per heavy atom. The van der Waals surface area contributed by atoms with E-state index in [1.165, 1.54) is 0 Å². The molecule has 0 saturated carbocycles. The zero-order chi connectivity index (χ0) is 23.0. The van der Waals surface area contributed by atoms with Crippen molar-refractivity contribution in [2.45, 2.75) is 0 Å². The van der Waals surface area contributed by atoms with Gasteiger partial charge in [0.05, 0.1) is 23.8 Å². The van der Waals surface area contributed by atoms with Crippen molar-refractivity contribution in [3.63, 3.8) is 0 Å². The van der Waals surface area contributed by atoms with Gasteiger partial charge >= 0.3 is 0 Å². The van der Waals surface area contributed by atoms with Crippen LogP contribution in [0.1, 0.15) is 22.3 Å². The Hall–Kier alpha value is -5.20. The average molecular weight is 436 g/mol. The fraction of sp³-hybridized carbons (Fsp3) is 0. The van der Waals surface area contributed by atoms with Gasteiger partial charge in [-0.25, -0.2) is 4.98 Å². The van der Waals surface area contributed by atoms with Crippen LogP contribution in [-0.4, -0.2) is 29.9 Å². The molecule has 0 saturated heterocycles. The Kier molecular flexibility index (Phi) is 6.05. The molecule has 6 nitrogen and oxygen atoms in total. The minimum Gasteiger partial charge on any atom is -0.265 e. The van der Waals surface area contributed by atoms with Crippen molar-refractivity contribution in [1.82, 2.24) is 29.9 Å². The van der Waals surface area contributed by atoms with Crippen molar-refractivity contribution in [1.29, 1.82) is 0 Å². The Bertz CT molecular complexity index is 1440. The van der Waals surface area contributed by atoms with E-state index in [1.54, 1.807) is 49.6 Å². The molecule has 0 amide bonds. The van der Waals surface area contributed by atoms with Gasteiger partial charge in [0.1, 0.15) is 11.4 Å². The van der Waals surface area contributed by atoms with Crippen LogP contribution in [0.25, 0.3) is 22.8 Å². The van der Waals surface area contributed by atoms with Crippen LogP contribution in [0.4, 0.5) is 0 Å². The van der Waals surface area contributed by atoms with Gasteiger partial charge in [-0.3, -0.25) is 24.9 Å². The first kappa shape index (κ1) is 20.7. The highest BCUT2D eigenvalue weighted by molar-refractivity contribution is 5.62. The first-order valence-corrected chi connectivity index (χ1v) is 10.4. The summed E-state index contributed by atoms with van der Waals surface area (Å²) in [6, 6.07) is 15.0. The fourth-order valence-electron chi connectivity index (χ4n) is 3.07. The third-order valence-corrected chi connectivity index (χ3v) is 4.74. The van der Waals surface area contributed by atoms with Crippen molar-refractivity contribution < 1.29 is 0 Å². The summed E-state index contributed by atoms with van der Waals surface area (Å²) >= 11 is 0. The van der Waals surface area contributed by atoms with E-state index in [0.717, 1.165) is 22.3 Å². The summed E-state index contributed by atoms with van der Waals surface area (Å²) in [5.74, 6) is 12.6. The lowest BCUT2D eigenvalue weighted by Gasteiger charge is -2.04. The lowest BCUT2D eigenvalue weighted by atomic mass is 10.1. The predicted octanol–water partition coefficient (Wildman–Crippen LogP) is 4.19. The molecule has 0 unspecified atom stereocenters. The molecule has 0 aliphatic heterocycles. The smallest absolute Gasteiger partial charge is 0.108 e. The molecule has 0 bridgehead atoms. The van der Waals surface area contributed by atoms with Crippen molar-refractivity contribution in [3.8, 4) is 46.5 Å². The van der Waals surface area contributed by atoms with Crippen LogP contribution in [0.15, 0.2) is 98.1 Å². The third-order valence-electron chi connectivity index (χ3n) is 4.74. The molecule has 0 aliphatic rings. The number of hydrogen-bond acceptors (Lipinski definition) is 6. The minimum atomic E-state index is 0.639. The molecule has 0 atom stereocenters. The van der Waals surface area contributed by atoms with Gasteiger partial charge in [0.15, 0.2) is 0 Å². The van der Waals surface area contributed by atoms with Gasteiger partial charge in [0.2, 0.25) is 0 Å². The van der Waals surface area contributed by atoms with Gasteiger partial charge in [-0.15, -0.1) is 0 Å². The third kappa shape index (κ3) is 5.16. The van der Waals surface area contributed by atoms with Gasteiger partial charge in [-0.1, -0.05) is 23.7 Å². The van der Waals surface area contributed by atoms with Gasteiger partial charge in [0, 0.05) is 59.4 Å². The van der Waals surface area contributed by atoms with E-state index in [0.29, 0.717) is 22.8 Å². The summed E-state index contributed by atoms with van der Waals surface area (Å²) in [7, 11) is 0. The predicted molar refractivity (Wildman–Crippen MR) is 129 cm³/mol. The number of rotatable bonds is 2. The summed E-state index contributed by atoms with van der Waals surface area (Å²) in [4.78, 5) is 26.0. The molecule has 5 rings (SSSR count). The Morgan fingerprint density at radius 2 is 0.824 bits per heavy atom. The zero-order valence-electron chi connectivity index (χ0n) is 17.9. The molecule has 0 N–H and O–H groups in total. The molecular weight excluding hydrogens is 420 g/mol. The highest BCUT2D eigenvalue weighted by Crippen LogP contribution is 2.20. The Balaban J connectivity index is 1.42. The minimum absolute atomic E-state index is 0.639. The molecule has 0 aromatic carbocycles. The van der Waals surface area contributed by atoms with Crippen LogP contribution in [0.3, 0.4) is 0 Å². The van der Waals surface area contributed by atoms with Crippen molar-refractivity contribution in [3.05, 3.63) is 120 Å². The highest BCUT2D eigenvalue weighted by Gasteiger charge is 2.07. The van der Waals surface area contributed by atoms with Crippen LogP contribution in [0.5, 0.6) is 0 Å². The average Bonchev–Trinajstić information content (AvgIpc) is 2.92. The normalized spacial score (nSPS) is 9.88. The maximum atomic E-state index is 4.73. The van der Waals surface area contributed by atoms with Crippen molar-refractivity contribution in [2.24, 2.45) is 0 Å². The topological polar surface area (TPSA) is 77.3 Å². The second-order valence-electron chi connectivity index (χ2n) is 7.12. The van der Waals surface area contributed by atoms with E-state index in [1.807, 2.05) is 48.5 Å². The van der Waals surface area contributed by atoms with E-state index in [9.17, 15) is 0 Å². The molecule has 5 aromatic rings. The molecule has 0 fully saturated rings. The Morgan fingerprint density at radius 1 is 0.412 bits per heavy atom. The van der Waals surface area contributed by atoms with E-state index in [4.69, 9.17) is 4.98 Å². The fourth-order valence-corrected chi connectivity index (χ4v) is 3.07. The lowest BCUT2D eigenvalue weighted by Crippen LogP contribution is -1.94. The zero-order valence-corrected chi connectivity index (χ0v) is 17.9. The second-order valence-corrected chi connectivity index (χ2v) is 7.12. The molecule has 0 aliphatic carbocycles. The molecule has 5 aromatic heterocycles. The number of pyridine rings is 4. The first-order valence-electron chi connectivity index (χ1n) is 10.4. The van der Waals surface area contributed by atoms with Crippen LogP contribution in [0, 0.1) is 23.7 Å². The molecule has 5 heterocycles. The first-order chi connectivity index (χ1) is 16.8. The van der Waals surface area contributed by atoms with Gasteiger partial charge in [-0.05, 0) is 48.5 Å². The van der Waals surface area contributed by atoms with Gasteiger partial charge < -0.3 is 0 Å². The van der Waals surface area contributed by atoms with E-state index >= 15 is 0 Å². The monoisotopic (exact) mass is 436 g/mol. The van der Waals surface area contributed by atoms with Gasteiger partial charge in [-0.2, -0.15) is 0 Å². The summed E-state index contributed by atoms with van der Waals surface area (Å²) in [6.07, 6.45) is 13.7. The molecule has 158 valence electrons. The Labute approximate surface area is 196 Å². The maximum absolute atomic E-state index is 4.73. The van der Waals surface area contributed by atoms with Crippen LogP contribution in [-0.2, 0) is 0 Å². The van der Waals surface area contributed by atoms with Crippen LogP contribution < -0.4 is 0 Å². The van der Waals surface area contributed by atoms with E-state index in [-0.39, 0.29) is 0 Å². The maximum Gasteiger partial charge on any atom is 0.108 e. The van der Waals surface area contributed by atoms with Gasteiger partial charge in [0.25, 0.3) is 0 Å². The molecular formula is C28H16N6. The number of nitrogens with zero attached hydrogens (tertiary/aromatic N) is 6. The SMILES string of the molecule is C(#Cc1ccnc(-c2cncc(-c3cc(C#Cc4ccncc4)ccn3)n2)c1)c1ccncc1. The summed E-state index contributed by atoms with van der Waals surface area (Å²) in [5.41, 5.74) is 6.11. The lowest BCUT2D eigenvalue weighted by molar-refractivity contribution is 1.16. The van der Waals surface area contributed by atoms with Crippen molar-refractivity contribution >= 4 is 0 Å². The molecule has 34 heavy (non-hydrogen) atoms. The van der Waals surface area contributed by atoms with E-state index < -0.39 is 0 Å². The largest absolute Gasteiger partial charge is 0.265 e. The van der Waals surface area contributed by atoms with Crippen molar-refractivity contribution in [2.75, 3.05) is 0 Å². The van der Waals surface area contributed by atoms with Crippen LogP contribution >= 0.6 is 0 Å². The molecule has 6 heteroatoms. The molecule has 0 radical (unpaired) electrons. The number of aromatic nitrogens is 6. The molecule has 0 spiro atoms. The van der Waals surface area contributed by atoms with Crippen LogP contribution in [0.2, 0.25) is 0 Å². The quantitative estimate of drug-likeness (QED) is 0.386. The standard InChI is InChI=1S/C28H16N6/c1(21-5-11-29-12-6-21)3-23-9-15-32-25(17-23)27-19-31-20-28(34-27)26-18-24(10-16-33-26)4-2-22-7-13-30-14-8-22/h5-20H. The second kappa shape index (κ2) is 9.95. The van der Waals surface area contributed by atoms with E-state index in [2.05, 4.69) is 48.6 Å².